The van der Waals surface area contributed by atoms with Crippen LogP contribution in [-0.4, -0.2) is 16.6 Å². The molecule has 1 aromatic heterocycles. The van der Waals surface area contributed by atoms with Crippen molar-refractivity contribution < 1.29 is 0 Å². The van der Waals surface area contributed by atoms with Gasteiger partial charge in [0, 0.05) is 22.6 Å². The van der Waals surface area contributed by atoms with E-state index in [-0.39, 0.29) is 0 Å². The molecule has 0 unspecified atom stereocenters. The number of hydrogen-bond donors (Lipinski definition) is 2. The number of fused-ring (bicyclic) bond motifs is 1. The minimum Gasteiger partial charge on any atom is -0.363 e. The number of aromatic nitrogens is 1. The van der Waals surface area contributed by atoms with Gasteiger partial charge in [-0.05, 0) is 47.2 Å². The summed E-state index contributed by atoms with van der Waals surface area (Å²) in [6.45, 7) is 2.81. The van der Waals surface area contributed by atoms with E-state index in [9.17, 15) is 0 Å². The monoisotopic (exact) mass is 309 g/mol. The number of halogens is 1. The summed E-state index contributed by atoms with van der Waals surface area (Å²) in [7, 11) is 0. The highest BCUT2D eigenvalue weighted by molar-refractivity contribution is 9.10. The van der Waals surface area contributed by atoms with E-state index in [4.69, 9.17) is 12.2 Å². The van der Waals surface area contributed by atoms with Gasteiger partial charge >= 0.3 is 0 Å². The van der Waals surface area contributed by atoms with Gasteiger partial charge in [-0.15, -0.1) is 0 Å². The molecule has 0 aliphatic rings. The Morgan fingerprint density at radius 3 is 3.06 bits per heavy atom. The summed E-state index contributed by atoms with van der Waals surface area (Å²) >= 11 is 8.58. The van der Waals surface area contributed by atoms with Crippen LogP contribution in [0.25, 0.3) is 10.9 Å². The first-order valence-electron chi connectivity index (χ1n) is 5.30. The van der Waals surface area contributed by atoms with Crippen molar-refractivity contribution in [1.82, 2.24) is 10.3 Å². The van der Waals surface area contributed by atoms with E-state index in [1.165, 1.54) is 0 Å². The summed E-state index contributed by atoms with van der Waals surface area (Å²) in [5.41, 5.74) is 1.83. The largest absolute Gasteiger partial charge is 0.363 e. The standard InChI is InChI=1S/C12H12BrN3S/c1-2-14-12(17)16-10-5-3-4-8-6-9(13)7-15-11(8)10/h3-7H,2H2,1H3,(H2,14,16,17). The average Bonchev–Trinajstić information content (AvgIpc) is 2.29. The lowest BCUT2D eigenvalue weighted by Crippen LogP contribution is -2.28. The Labute approximate surface area is 114 Å². The molecule has 5 heteroatoms. The third-order valence-corrected chi connectivity index (χ3v) is 2.94. The minimum absolute atomic E-state index is 0.615. The normalized spacial score (nSPS) is 10.2. The molecular formula is C12H12BrN3S. The predicted molar refractivity (Wildman–Crippen MR) is 79.3 cm³/mol. The van der Waals surface area contributed by atoms with E-state index < -0.39 is 0 Å². The Morgan fingerprint density at radius 2 is 2.29 bits per heavy atom. The maximum absolute atomic E-state index is 5.16. The Balaban J connectivity index is 2.37. The molecule has 0 aliphatic carbocycles. The van der Waals surface area contributed by atoms with Crippen LogP contribution in [0, 0.1) is 0 Å². The number of rotatable bonds is 2. The highest BCUT2D eigenvalue weighted by Gasteiger charge is 2.03. The van der Waals surface area contributed by atoms with Gasteiger partial charge < -0.3 is 10.6 Å². The number of nitrogens with one attached hydrogen (secondary N) is 2. The highest BCUT2D eigenvalue weighted by atomic mass is 79.9. The molecule has 1 heterocycles. The molecule has 2 rings (SSSR count). The summed E-state index contributed by atoms with van der Waals surface area (Å²) in [6, 6.07) is 8.00. The quantitative estimate of drug-likeness (QED) is 0.835. The Bertz CT molecular complexity index is 556. The molecule has 2 aromatic rings. The molecule has 0 atom stereocenters. The molecule has 2 N–H and O–H groups in total. The number of pyridine rings is 1. The van der Waals surface area contributed by atoms with Crippen LogP contribution < -0.4 is 10.6 Å². The van der Waals surface area contributed by atoms with Crippen molar-refractivity contribution in [2.24, 2.45) is 0 Å². The van der Waals surface area contributed by atoms with E-state index in [0.717, 1.165) is 27.6 Å². The molecule has 88 valence electrons. The molecule has 0 radical (unpaired) electrons. The first kappa shape index (κ1) is 12.3. The van der Waals surface area contributed by atoms with Gasteiger partial charge in [0.1, 0.15) is 0 Å². The lowest BCUT2D eigenvalue weighted by atomic mass is 10.2. The van der Waals surface area contributed by atoms with Crippen LogP contribution in [0.4, 0.5) is 5.69 Å². The fourth-order valence-corrected chi connectivity index (χ4v) is 2.17. The molecule has 0 aliphatic heterocycles. The van der Waals surface area contributed by atoms with Crippen LogP contribution in [0.5, 0.6) is 0 Å². The maximum atomic E-state index is 5.16. The fourth-order valence-electron chi connectivity index (χ4n) is 1.56. The third kappa shape index (κ3) is 2.92. The van der Waals surface area contributed by atoms with Gasteiger partial charge in [0.05, 0.1) is 11.2 Å². The zero-order valence-electron chi connectivity index (χ0n) is 9.33. The van der Waals surface area contributed by atoms with Gasteiger partial charge in [-0.1, -0.05) is 12.1 Å². The highest BCUT2D eigenvalue weighted by Crippen LogP contribution is 2.23. The zero-order valence-corrected chi connectivity index (χ0v) is 11.7. The lowest BCUT2D eigenvalue weighted by molar-refractivity contribution is 0.979. The van der Waals surface area contributed by atoms with Gasteiger partial charge in [-0.25, -0.2) is 0 Å². The van der Waals surface area contributed by atoms with E-state index in [2.05, 4.69) is 31.5 Å². The second-order valence-electron chi connectivity index (χ2n) is 3.52. The summed E-state index contributed by atoms with van der Waals surface area (Å²) in [5.74, 6) is 0. The van der Waals surface area contributed by atoms with Crippen molar-refractivity contribution in [3.63, 3.8) is 0 Å². The van der Waals surface area contributed by atoms with Gasteiger partial charge in [0.2, 0.25) is 0 Å². The zero-order chi connectivity index (χ0) is 12.3. The Morgan fingerprint density at radius 1 is 1.47 bits per heavy atom. The van der Waals surface area contributed by atoms with Crippen molar-refractivity contribution in [3.8, 4) is 0 Å². The summed E-state index contributed by atoms with van der Waals surface area (Å²) in [6.07, 6.45) is 1.78. The van der Waals surface area contributed by atoms with Crippen molar-refractivity contribution in [2.75, 3.05) is 11.9 Å². The fraction of sp³-hybridized carbons (Fsp3) is 0.167. The summed E-state index contributed by atoms with van der Waals surface area (Å²) in [4.78, 5) is 4.40. The predicted octanol–water partition coefficient (Wildman–Crippen LogP) is 3.30. The Hall–Kier alpha value is -1.20. The smallest absolute Gasteiger partial charge is 0.170 e. The Kier molecular flexibility index (Phi) is 3.91. The van der Waals surface area contributed by atoms with E-state index in [0.29, 0.717) is 5.11 Å². The summed E-state index contributed by atoms with van der Waals surface area (Å²) < 4.78 is 0.969. The SMILES string of the molecule is CCNC(=S)Nc1cccc2cc(Br)cnc12. The van der Waals surface area contributed by atoms with Gasteiger partial charge in [0.15, 0.2) is 5.11 Å². The molecule has 0 saturated heterocycles. The molecule has 0 spiro atoms. The summed E-state index contributed by atoms with van der Waals surface area (Å²) in [5, 5.41) is 7.89. The molecule has 3 nitrogen and oxygen atoms in total. The van der Waals surface area contributed by atoms with Gasteiger partial charge in [-0.2, -0.15) is 0 Å². The molecule has 0 amide bonds. The van der Waals surface area contributed by atoms with Crippen LogP contribution >= 0.6 is 28.1 Å². The van der Waals surface area contributed by atoms with Crippen LogP contribution in [0.15, 0.2) is 34.9 Å². The number of para-hydroxylation sites is 1. The second-order valence-corrected chi connectivity index (χ2v) is 4.84. The average molecular weight is 310 g/mol. The minimum atomic E-state index is 0.615. The molecule has 1 aromatic carbocycles. The van der Waals surface area contributed by atoms with Crippen LogP contribution in [0.3, 0.4) is 0 Å². The number of thiocarbonyl (C=S) groups is 1. The van der Waals surface area contributed by atoms with E-state index in [1.807, 2.05) is 31.2 Å². The van der Waals surface area contributed by atoms with Crippen LogP contribution in [0.2, 0.25) is 0 Å². The van der Waals surface area contributed by atoms with Crippen LogP contribution in [-0.2, 0) is 0 Å². The van der Waals surface area contributed by atoms with Crippen molar-refractivity contribution >= 4 is 49.9 Å². The first-order valence-corrected chi connectivity index (χ1v) is 6.50. The van der Waals surface area contributed by atoms with E-state index in [1.54, 1.807) is 6.20 Å². The molecular weight excluding hydrogens is 298 g/mol. The molecule has 0 saturated carbocycles. The number of anilines is 1. The number of benzene rings is 1. The van der Waals surface area contributed by atoms with Gasteiger partial charge in [-0.3, -0.25) is 4.98 Å². The lowest BCUT2D eigenvalue weighted by Gasteiger charge is -2.10. The molecule has 0 bridgehead atoms. The molecule has 0 fully saturated rings. The maximum Gasteiger partial charge on any atom is 0.170 e. The molecule has 17 heavy (non-hydrogen) atoms. The van der Waals surface area contributed by atoms with Gasteiger partial charge in [0.25, 0.3) is 0 Å². The first-order chi connectivity index (χ1) is 8.20. The van der Waals surface area contributed by atoms with Crippen molar-refractivity contribution in [3.05, 3.63) is 34.9 Å². The van der Waals surface area contributed by atoms with E-state index >= 15 is 0 Å². The van der Waals surface area contributed by atoms with Crippen molar-refractivity contribution in [1.29, 1.82) is 0 Å². The topological polar surface area (TPSA) is 37.0 Å². The second kappa shape index (κ2) is 5.42. The van der Waals surface area contributed by atoms with Crippen molar-refractivity contribution in [2.45, 2.75) is 6.92 Å². The third-order valence-electron chi connectivity index (χ3n) is 2.26. The van der Waals surface area contributed by atoms with Crippen LogP contribution in [0.1, 0.15) is 6.92 Å². The number of hydrogen-bond acceptors (Lipinski definition) is 2. The number of nitrogens with zero attached hydrogens (tertiary/aromatic N) is 1.